The van der Waals surface area contributed by atoms with Crippen molar-refractivity contribution in [1.82, 2.24) is 15.0 Å². The minimum atomic E-state index is -3.23. The summed E-state index contributed by atoms with van der Waals surface area (Å²) in [5.41, 5.74) is 0. The molecule has 0 aliphatic rings. The van der Waals surface area contributed by atoms with Crippen LogP contribution in [0.15, 0.2) is 11.6 Å². The molecule has 1 aromatic rings. The topological polar surface area (TPSA) is 71.1 Å². The predicted octanol–water partition coefficient (Wildman–Crippen LogP) is 1.90. The average molecular weight is 305 g/mol. The molecule has 5 nitrogen and oxygen atoms in total. The summed E-state index contributed by atoms with van der Waals surface area (Å²) in [6, 6.07) is -0.200. The molecule has 0 saturated carbocycles. The summed E-state index contributed by atoms with van der Waals surface area (Å²) >= 11 is 1.48. The Balaban J connectivity index is 2.40. The molecule has 1 heterocycles. The van der Waals surface area contributed by atoms with Gasteiger partial charge in [-0.1, -0.05) is 13.8 Å². The van der Waals surface area contributed by atoms with Gasteiger partial charge < -0.3 is 5.32 Å². The van der Waals surface area contributed by atoms with Gasteiger partial charge in [0.15, 0.2) is 0 Å². The van der Waals surface area contributed by atoms with Crippen LogP contribution in [-0.2, 0) is 10.0 Å². The SMILES string of the molecule is CCCNCCCS(=O)(=O)NC(CC)c1nccs1. The second kappa shape index (κ2) is 8.63. The van der Waals surface area contributed by atoms with Crippen molar-refractivity contribution in [1.29, 1.82) is 0 Å². The molecule has 1 rings (SSSR count). The molecule has 0 aromatic carbocycles. The molecule has 19 heavy (non-hydrogen) atoms. The number of nitrogens with one attached hydrogen (secondary N) is 2. The molecule has 0 bridgehead atoms. The van der Waals surface area contributed by atoms with Gasteiger partial charge in [-0.15, -0.1) is 11.3 Å². The number of hydrogen-bond acceptors (Lipinski definition) is 5. The lowest BCUT2D eigenvalue weighted by Gasteiger charge is -2.14. The van der Waals surface area contributed by atoms with Crippen LogP contribution in [0.1, 0.15) is 44.2 Å². The van der Waals surface area contributed by atoms with Gasteiger partial charge in [0.05, 0.1) is 11.8 Å². The van der Waals surface area contributed by atoms with Crippen molar-refractivity contribution >= 4 is 21.4 Å². The molecule has 0 aliphatic carbocycles. The van der Waals surface area contributed by atoms with Gasteiger partial charge in [-0.25, -0.2) is 18.1 Å². The number of hydrogen-bond donors (Lipinski definition) is 2. The fourth-order valence-corrected chi connectivity index (χ4v) is 3.88. The Hall–Kier alpha value is -0.500. The van der Waals surface area contributed by atoms with E-state index < -0.39 is 10.0 Å². The highest BCUT2D eigenvalue weighted by Gasteiger charge is 2.19. The lowest BCUT2D eigenvalue weighted by atomic mass is 10.3. The minimum Gasteiger partial charge on any atom is -0.317 e. The maximum Gasteiger partial charge on any atom is 0.212 e. The van der Waals surface area contributed by atoms with E-state index in [1.54, 1.807) is 6.20 Å². The highest BCUT2D eigenvalue weighted by atomic mass is 32.2. The highest BCUT2D eigenvalue weighted by molar-refractivity contribution is 7.89. The molecule has 0 aliphatic heterocycles. The Morgan fingerprint density at radius 3 is 2.74 bits per heavy atom. The van der Waals surface area contributed by atoms with Crippen molar-refractivity contribution in [3.8, 4) is 0 Å². The molecule has 7 heteroatoms. The number of thiazole rings is 1. The van der Waals surface area contributed by atoms with Crippen LogP contribution >= 0.6 is 11.3 Å². The standard InChI is InChI=1S/C12H23N3O2S2/c1-3-6-13-7-5-10-19(16,17)15-11(4-2)12-14-8-9-18-12/h8-9,11,13,15H,3-7,10H2,1-2H3. The molecule has 0 amide bonds. The summed E-state index contributed by atoms with van der Waals surface area (Å²) in [6.07, 6.45) is 4.10. The lowest BCUT2D eigenvalue weighted by Crippen LogP contribution is -2.31. The van der Waals surface area contributed by atoms with Crippen molar-refractivity contribution in [3.63, 3.8) is 0 Å². The Morgan fingerprint density at radius 2 is 2.16 bits per heavy atom. The van der Waals surface area contributed by atoms with Gasteiger partial charge in [0.25, 0.3) is 0 Å². The van der Waals surface area contributed by atoms with Gasteiger partial charge in [-0.05, 0) is 32.4 Å². The summed E-state index contributed by atoms with van der Waals surface area (Å²) in [6.45, 7) is 5.72. The van der Waals surface area contributed by atoms with Crippen LogP contribution in [0.2, 0.25) is 0 Å². The molecule has 0 radical (unpaired) electrons. The van der Waals surface area contributed by atoms with Gasteiger partial charge >= 0.3 is 0 Å². The predicted molar refractivity (Wildman–Crippen MR) is 79.8 cm³/mol. The first-order valence-electron chi connectivity index (χ1n) is 6.69. The molecule has 1 atom stereocenters. The summed E-state index contributed by atoms with van der Waals surface area (Å²) in [5.74, 6) is 0.158. The third kappa shape index (κ3) is 6.47. The quantitative estimate of drug-likeness (QED) is 0.648. The molecule has 110 valence electrons. The van der Waals surface area contributed by atoms with Crippen molar-refractivity contribution in [2.24, 2.45) is 0 Å². The Labute approximate surface area is 119 Å². The van der Waals surface area contributed by atoms with E-state index >= 15 is 0 Å². The Kier molecular flexibility index (Phi) is 7.52. The third-order valence-electron chi connectivity index (χ3n) is 2.67. The first-order chi connectivity index (χ1) is 9.09. The molecule has 0 spiro atoms. The van der Waals surface area contributed by atoms with Crippen LogP contribution in [0, 0.1) is 0 Å². The van der Waals surface area contributed by atoms with Gasteiger partial charge in [-0.2, -0.15) is 0 Å². The zero-order valence-corrected chi connectivity index (χ0v) is 13.2. The van der Waals surface area contributed by atoms with E-state index in [1.807, 2.05) is 12.3 Å². The Morgan fingerprint density at radius 1 is 1.37 bits per heavy atom. The second-order valence-corrected chi connectivity index (χ2v) is 7.17. The fourth-order valence-electron chi connectivity index (χ4n) is 1.68. The molecule has 0 fully saturated rings. The summed E-state index contributed by atoms with van der Waals surface area (Å²) in [7, 11) is -3.23. The van der Waals surface area contributed by atoms with Crippen LogP contribution in [0.25, 0.3) is 0 Å². The summed E-state index contributed by atoms with van der Waals surface area (Å²) in [4.78, 5) is 4.17. The van der Waals surface area contributed by atoms with E-state index in [0.717, 1.165) is 24.5 Å². The molecule has 2 N–H and O–H groups in total. The van der Waals surface area contributed by atoms with Crippen molar-refractivity contribution in [2.75, 3.05) is 18.8 Å². The monoisotopic (exact) mass is 305 g/mol. The zero-order chi connectivity index (χ0) is 14.1. The largest absolute Gasteiger partial charge is 0.317 e. The smallest absolute Gasteiger partial charge is 0.212 e. The van der Waals surface area contributed by atoms with Gasteiger partial charge in [0.1, 0.15) is 5.01 Å². The molecule has 1 aromatic heterocycles. The van der Waals surface area contributed by atoms with Crippen molar-refractivity contribution in [3.05, 3.63) is 16.6 Å². The molecule has 0 saturated heterocycles. The Bertz CT molecular complexity index is 432. The lowest BCUT2D eigenvalue weighted by molar-refractivity contribution is 0.544. The maximum absolute atomic E-state index is 12.0. The van der Waals surface area contributed by atoms with Crippen LogP contribution in [-0.4, -0.2) is 32.2 Å². The first-order valence-corrected chi connectivity index (χ1v) is 9.22. The van der Waals surface area contributed by atoms with Crippen LogP contribution in [0.4, 0.5) is 0 Å². The molecular formula is C12H23N3O2S2. The van der Waals surface area contributed by atoms with Gasteiger partial charge in [0, 0.05) is 11.6 Å². The zero-order valence-electron chi connectivity index (χ0n) is 11.6. The van der Waals surface area contributed by atoms with E-state index in [0.29, 0.717) is 12.8 Å². The van der Waals surface area contributed by atoms with Crippen molar-refractivity contribution < 1.29 is 8.42 Å². The summed E-state index contributed by atoms with van der Waals surface area (Å²) < 4.78 is 26.7. The number of rotatable bonds is 10. The first kappa shape index (κ1) is 16.6. The maximum atomic E-state index is 12.0. The average Bonchev–Trinajstić information content (AvgIpc) is 2.89. The van der Waals surface area contributed by atoms with Crippen LogP contribution in [0.5, 0.6) is 0 Å². The van der Waals surface area contributed by atoms with E-state index in [9.17, 15) is 8.42 Å². The number of sulfonamides is 1. The highest BCUT2D eigenvalue weighted by Crippen LogP contribution is 2.19. The van der Waals surface area contributed by atoms with Crippen LogP contribution < -0.4 is 10.0 Å². The number of aromatic nitrogens is 1. The van der Waals surface area contributed by atoms with E-state index in [-0.39, 0.29) is 11.8 Å². The summed E-state index contributed by atoms with van der Waals surface area (Å²) in [5, 5.41) is 5.89. The van der Waals surface area contributed by atoms with E-state index in [1.165, 1.54) is 11.3 Å². The van der Waals surface area contributed by atoms with E-state index in [4.69, 9.17) is 0 Å². The normalized spacial score (nSPS) is 13.6. The van der Waals surface area contributed by atoms with Crippen LogP contribution in [0.3, 0.4) is 0 Å². The number of nitrogens with zero attached hydrogens (tertiary/aromatic N) is 1. The molecule has 1 unspecified atom stereocenters. The van der Waals surface area contributed by atoms with Crippen molar-refractivity contribution in [2.45, 2.75) is 39.2 Å². The van der Waals surface area contributed by atoms with Gasteiger partial charge in [0.2, 0.25) is 10.0 Å². The van der Waals surface area contributed by atoms with Gasteiger partial charge in [-0.3, -0.25) is 0 Å². The fraction of sp³-hybridized carbons (Fsp3) is 0.750. The van der Waals surface area contributed by atoms with E-state index in [2.05, 4.69) is 21.9 Å². The molecular weight excluding hydrogens is 282 g/mol. The minimum absolute atomic E-state index is 0.158. The third-order valence-corrected chi connectivity index (χ3v) is 5.03. The second-order valence-electron chi connectivity index (χ2n) is 4.37.